The Morgan fingerprint density at radius 3 is 2.92 bits per heavy atom. The monoisotopic (exact) mass is 184 g/mol. The molecule has 0 aromatic carbocycles. The maximum atomic E-state index is 10.6. The summed E-state index contributed by atoms with van der Waals surface area (Å²) >= 11 is 1.27. The smallest absolute Gasteiger partial charge is 0.346 e. The van der Waals surface area contributed by atoms with Crippen LogP contribution < -0.4 is 10.6 Å². The molecule has 1 aromatic heterocycles. The Bertz CT molecular complexity index is 298. The van der Waals surface area contributed by atoms with E-state index in [2.05, 4.69) is 10.6 Å². The molecule has 0 unspecified atom stereocenters. The van der Waals surface area contributed by atoms with Crippen molar-refractivity contribution in [2.45, 2.75) is 0 Å². The zero-order valence-corrected chi connectivity index (χ0v) is 7.07. The van der Waals surface area contributed by atoms with E-state index < -0.39 is 5.97 Å². The zero-order valence-electron chi connectivity index (χ0n) is 6.26. The predicted octanol–water partition coefficient (Wildman–Crippen LogP) is 1.28. The molecule has 4 nitrogen and oxygen atoms in total. The number of thiophene rings is 1. The molecule has 1 aliphatic rings. The summed E-state index contributed by atoms with van der Waals surface area (Å²) in [4.78, 5) is 11.0. The highest BCUT2D eigenvalue weighted by molar-refractivity contribution is 7.18. The molecule has 0 amide bonds. The number of carboxylic acid groups (broad SMARTS) is 1. The third-order valence-corrected chi connectivity index (χ3v) is 2.75. The third kappa shape index (κ3) is 1.12. The number of rotatable bonds is 1. The van der Waals surface area contributed by atoms with Crippen LogP contribution in [0.25, 0.3) is 0 Å². The summed E-state index contributed by atoms with van der Waals surface area (Å²) in [6.07, 6.45) is 0. The van der Waals surface area contributed by atoms with E-state index in [4.69, 9.17) is 5.11 Å². The Morgan fingerprint density at radius 1 is 1.50 bits per heavy atom. The fraction of sp³-hybridized carbons (Fsp3) is 0.286. The average Bonchev–Trinajstić information content (AvgIpc) is 2.46. The summed E-state index contributed by atoms with van der Waals surface area (Å²) in [6.45, 7) is 1.70. The molecule has 0 saturated heterocycles. The van der Waals surface area contributed by atoms with Gasteiger partial charge >= 0.3 is 5.97 Å². The normalized spacial score (nSPS) is 14.3. The van der Waals surface area contributed by atoms with Gasteiger partial charge in [-0.2, -0.15) is 0 Å². The van der Waals surface area contributed by atoms with Crippen LogP contribution in [-0.2, 0) is 0 Å². The van der Waals surface area contributed by atoms with Crippen LogP contribution >= 0.6 is 11.3 Å². The summed E-state index contributed by atoms with van der Waals surface area (Å²) in [5.74, 6) is -0.863. The van der Waals surface area contributed by atoms with Crippen molar-refractivity contribution >= 4 is 28.0 Å². The van der Waals surface area contributed by atoms with Gasteiger partial charge in [0.15, 0.2) is 0 Å². The minimum atomic E-state index is -0.863. The van der Waals surface area contributed by atoms with Gasteiger partial charge in [-0.1, -0.05) is 0 Å². The molecule has 2 heterocycles. The van der Waals surface area contributed by atoms with Gasteiger partial charge < -0.3 is 15.7 Å². The zero-order chi connectivity index (χ0) is 8.55. The molecule has 0 fully saturated rings. The van der Waals surface area contributed by atoms with E-state index in [0.717, 1.165) is 23.8 Å². The van der Waals surface area contributed by atoms with E-state index in [1.54, 1.807) is 6.07 Å². The van der Waals surface area contributed by atoms with Crippen LogP contribution in [0, 0.1) is 0 Å². The van der Waals surface area contributed by atoms with Gasteiger partial charge in [0.2, 0.25) is 0 Å². The number of aromatic carboxylic acids is 1. The molecule has 0 atom stereocenters. The molecule has 5 heteroatoms. The number of carbonyl (C=O) groups is 1. The van der Waals surface area contributed by atoms with Crippen molar-refractivity contribution in [3.05, 3.63) is 10.9 Å². The summed E-state index contributed by atoms with van der Waals surface area (Å²) in [7, 11) is 0. The van der Waals surface area contributed by atoms with Crippen LogP contribution in [0.3, 0.4) is 0 Å². The molecule has 0 bridgehead atoms. The Balaban J connectivity index is 2.38. The molecular weight excluding hydrogens is 176 g/mol. The first kappa shape index (κ1) is 7.42. The minimum Gasteiger partial charge on any atom is -0.477 e. The van der Waals surface area contributed by atoms with Gasteiger partial charge in [-0.3, -0.25) is 0 Å². The third-order valence-electron chi connectivity index (χ3n) is 1.67. The fourth-order valence-electron chi connectivity index (χ4n) is 1.13. The van der Waals surface area contributed by atoms with Gasteiger partial charge in [-0.15, -0.1) is 11.3 Å². The topological polar surface area (TPSA) is 61.4 Å². The molecule has 2 rings (SSSR count). The summed E-state index contributed by atoms with van der Waals surface area (Å²) < 4.78 is 0. The molecule has 3 N–H and O–H groups in total. The molecule has 12 heavy (non-hydrogen) atoms. The summed E-state index contributed by atoms with van der Waals surface area (Å²) in [6, 6.07) is 1.66. The second-order valence-corrected chi connectivity index (χ2v) is 3.56. The van der Waals surface area contributed by atoms with Gasteiger partial charge in [0, 0.05) is 13.1 Å². The van der Waals surface area contributed by atoms with Crippen LogP contribution in [0.4, 0.5) is 10.7 Å². The molecule has 1 aliphatic heterocycles. The van der Waals surface area contributed by atoms with E-state index in [-0.39, 0.29) is 0 Å². The Morgan fingerprint density at radius 2 is 2.25 bits per heavy atom. The van der Waals surface area contributed by atoms with E-state index in [9.17, 15) is 4.79 Å². The van der Waals surface area contributed by atoms with Crippen LogP contribution in [0.15, 0.2) is 6.07 Å². The van der Waals surface area contributed by atoms with Crippen molar-refractivity contribution < 1.29 is 9.90 Å². The van der Waals surface area contributed by atoms with Crippen molar-refractivity contribution in [3.8, 4) is 0 Å². The highest BCUT2D eigenvalue weighted by Gasteiger charge is 2.15. The van der Waals surface area contributed by atoms with Crippen molar-refractivity contribution in [1.82, 2.24) is 0 Å². The maximum Gasteiger partial charge on any atom is 0.346 e. The minimum absolute atomic E-state index is 0.377. The van der Waals surface area contributed by atoms with E-state index in [1.165, 1.54) is 11.3 Å². The molecule has 0 saturated carbocycles. The lowest BCUT2D eigenvalue weighted by atomic mass is 10.3. The number of hydrogen-bond donors (Lipinski definition) is 3. The van der Waals surface area contributed by atoms with Crippen LogP contribution in [0.2, 0.25) is 0 Å². The van der Waals surface area contributed by atoms with E-state index >= 15 is 0 Å². The Kier molecular flexibility index (Phi) is 1.65. The first-order chi connectivity index (χ1) is 5.77. The van der Waals surface area contributed by atoms with Crippen LogP contribution in [0.5, 0.6) is 0 Å². The average molecular weight is 184 g/mol. The standard InChI is InChI=1S/C7H8N2O2S/c10-7(11)5-3-4-6(12-5)9-2-1-8-4/h3,8-9H,1-2H2,(H,10,11). The Labute approximate surface area is 73.2 Å². The predicted molar refractivity (Wildman–Crippen MR) is 48.3 cm³/mol. The maximum absolute atomic E-state index is 10.6. The van der Waals surface area contributed by atoms with E-state index in [0.29, 0.717) is 4.88 Å². The van der Waals surface area contributed by atoms with Gasteiger partial charge in [-0.05, 0) is 6.07 Å². The van der Waals surface area contributed by atoms with Crippen molar-refractivity contribution in [3.63, 3.8) is 0 Å². The molecular formula is C7H8N2O2S. The Hall–Kier alpha value is -1.23. The van der Waals surface area contributed by atoms with Gasteiger partial charge in [0.1, 0.15) is 9.88 Å². The van der Waals surface area contributed by atoms with Gasteiger partial charge in [-0.25, -0.2) is 4.79 Å². The van der Waals surface area contributed by atoms with Crippen molar-refractivity contribution in [2.24, 2.45) is 0 Å². The number of nitrogens with one attached hydrogen (secondary N) is 2. The number of carboxylic acids is 1. The lowest BCUT2D eigenvalue weighted by Gasteiger charge is -2.14. The van der Waals surface area contributed by atoms with Gasteiger partial charge in [0.25, 0.3) is 0 Å². The first-order valence-corrected chi connectivity index (χ1v) is 4.44. The largest absolute Gasteiger partial charge is 0.477 e. The lowest BCUT2D eigenvalue weighted by molar-refractivity contribution is 0.0702. The first-order valence-electron chi connectivity index (χ1n) is 3.62. The second kappa shape index (κ2) is 2.67. The van der Waals surface area contributed by atoms with Crippen molar-refractivity contribution in [2.75, 3.05) is 23.7 Å². The summed E-state index contributed by atoms with van der Waals surface area (Å²) in [5.41, 5.74) is 0.906. The van der Waals surface area contributed by atoms with Crippen LogP contribution in [-0.4, -0.2) is 24.2 Å². The molecule has 64 valence electrons. The fourth-order valence-corrected chi connectivity index (χ4v) is 2.03. The van der Waals surface area contributed by atoms with Gasteiger partial charge in [0.05, 0.1) is 5.69 Å². The number of fused-ring (bicyclic) bond motifs is 1. The SMILES string of the molecule is O=C(O)c1cc2c(s1)NCCN2. The van der Waals surface area contributed by atoms with Crippen molar-refractivity contribution in [1.29, 1.82) is 0 Å². The summed E-state index contributed by atoms with van der Waals surface area (Å²) in [5, 5.41) is 15.9. The van der Waals surface area contributed by atoms with Crippen LogP contribution in [0.1, 0.15) is 9.67 Å². The second-order valence-electron chi connectivity index (χ2n) is 2.51. The molecule has 0 aliphatic carbocycles. The van der Waals surface area contributed by atoms with E-state index in [1.807, 2.05) is 0 Å². The lowest BCUT2D eigenvalue weighted by Crippen LogP contribution is -2.18. The highest BCUT2D eigenvalue weighted by Crippen LogP contribution is 2.34. The quantitative estimate of drug-likeness (QED) is 0.615. The number of anilines is 2. The number of hydrogen-bond acceptors (Lipinski definition) is 4. The highest BCUT2D eigenvalue weighted by atomic mass is 32.1. The molecule has 0 spiro atoms. The molecule has 1 aromatic rings. The molecule has 0 radical (unpaired) electrons.